The third-order valence-electron chi connectivity index (χ3n) is 12.3. The molecule has 5 unspecified atom stereocenters. The van der Waals surface area contributed by atoms with Crippen LogP contribution in [-0.2, 0) is 52.7 Å². The van der Waals surface area contributed by atoms with Gasteiger partial charge in [-0.2, -0.15) is 0 Å². The van der Waals surface area contributed by atoms with Gasteiger partial charge in [0.1, 0.15) is 48.4 Å². The largest absolute Gasteiger partial charge is 0.481 e. The van der Waals surface area contributed by atoms with Crippen molar-refractivity contribution in [3.63, 3.8) is 0 Å². The second kappa shape index (κ2) is 32.6. The lowest BCUT2D eigenvalue weighted by atomic mass is 9.97. The number of nitrogens with one attached hydrogen (secondary N) is 7. The SMILES string of the molecule is CC[C@H](C)[C@@H]1NC(=O)C(CC(C)C)NC(=O)[C@H](CC(=O)O)NC(=O)C(C(C)C)NC(=O)C(CC(C)C)NC(=O)[C@H](CC(C)C)NC(=O)C(CCC(=O)O)NC(=O)CC(CCCCCCCC(C)C)OC1=O. The molecule has 0 aromatic rings. The van der Waals surface area contributed by atoms with E-state index in [-0.39, 0.29) is 49.9 Å². The molecule has 406 valence electrons. The Bertz CT molecular complexity index is 1770. The number of unbranched alkanes of at least 4 members (excludes halogenated alkanes) is 4. The van der Waals surface area contributed by atoms with Crippen LogP contribution >= 0.6 is 0 Å². The Morgan fingerprint density at radius 1 is 0.507 bits per heavy atom. The van der Waals surface area contributed by atoms with E-state index >= 15 is 0 Å². The van der Waals surface area contributed by atoms with Gasteiger partial charge >= 0.3 is 17.9 Å². The van der Waals surface area contributed by atoms with Crippen LogP contribution in [0.3, 0.4) is 0 Å². The van der Waals surface area contributed by atoms with Crippen LogP contribution in [0.2, 0.25) is 0 Å². The molecule has 0 aromatic heterocycles. The van der Waals surface area contributed by atoms with Gasteiger partial charge in [-0.1, -0.05) is 122 Å². The van der Waals surface area contributed by atoms with Crippen LogP contribution in [-0.4, -0.2) is 118 Å². The summed E-state index contributed by atoms with van der Waals surface area (Å²) in [6.45, 7) is 21.8. The van der Waals surface area contributed by atoms with Gasteiger partial charge in [-0.05, 0) is 74.0 Å². The number of ether oxygens (including phenoxy) is 1. The van der Waals surface area contributed by atoms with Crippen LogP contribution in [0.15, 0.2) is 0 Å². The van der Waals surface area contributed by atoms with Crippen molar-refractivity contribution >= 4 is 59.3 Å². The lowest BCUT2D eigenvalue weighted by Crippen LogP contribution is -2.61. The summed E-state index contributed by atoms with van der Waals surface area (Å²) < 4.78 is 6.04. The van der Waals surface area contributed by atoms with Crippen molar-refractivity contribution in [3.8, 4) is 0 Å². The number of aliphatic carboxylic acids is 2. The molecule has 9 atom stereocenters. The maximum Gasteiger partial charge on any atom is 0.329 e. The molecule has 71 heavy (non-hydrogen) atoms. The van der Waals surface area contributed by atoms with Crippen molar-refractivity contribution in [1.29, 1.82) is 0 Å². The number of carboxylic acid groups (broad SMARTS) is 2. The van der Waals surface area contributed by atoms with Crippen LogP contribution in [0, 0.1) is 35.5 Å². The number of rotatable bonds is 22. The Kier molecular flexibility index (Phi) is 29.3. The first kappa shape index (κ1) is 63.7. The van der Waals surface area contributed by atoms with Gasteiger partial charge < -0.3 is 52.2 Å². The van der Waals surface area contributed by atoms with Crippen LogP contribution in [0.25, 0.3) is 0 Å². The average molecular weight is 1010 g/mol. The number of cyclic esters (lactones) is 1. The number of amides is 7. The summed E-state index contributed by atoms with van der Waals surface area (Å²) in [6, 6.07) is -9.66. The quantitative estimate of drug-likeness (QED) is 0.0542. The van der Waals surface area contributed by atoms with Crippen molar-refractivity contribution in [2.75, 3.05) is 0 Å². The topological polar surface area (TPSA) is 305 Å². The summed E-state index contributed by atoms with van der Waals surface area (Å²) in [4.78, 5) is 136. The van der Waals surface area contributed by atoms with E-state index in [1.807, 2.05) is 0 Å². The predicted molar refractivity (Wildman–Crippen MR) is 267 cm³/mol. The summed E-state index contributed by atoms with van der Waals surface area (Å²) >= 11 is 0. The first-order chi connectivity index (χ1) is 33.1. The second-order valence-corrected chi connectivity index (χ2v) is 21.4. The van der Waals surface area contributed by atoms with Crippen molar-refractivity contribution < 1.29 is 62.9 Å². The highest BCUT2D eigenvalue weighted by molar-refractivity contribution is 5.98. The van der Waals surface area contributed by atoms with Crippen LogP contribution in [0.1, 0.15) is 179 Å². The third kappa shape index (κ3) is 25.6. The van der Waals surface area contributed by atoms with Gasteiger partial charge in [0.05, 0.1) is 12.8 Å². The molecule has 9 N–H and O–H groups in total. The maximum absolute atomic E-state index is 14.2. The first-order valence-corrected chi connectivity index (χ1v) is 25.9. The number of carbonyl (C=O) groups is 10. The van der Waals surface area contributed by atoms with E-state index < -0.39 is 139 Å². The van der Waals surface area contributed by atoms with Gasteiger partial charge in [-0.25, -0.2) is 4.79 Å². The zero-order chi connectivity index (χ0) is 54.1. The van der Waals surface area contributed by atoms with E-state index in [1.54, 1.807) is 69.2 Å². The molecule has 7 amide bonds. The van der Waals surface area contributed by atoms with E-state index in [1.165, 1.54) is 0 Å². The van der Waals surface area contributed by atoms with Gasteiger partial charge in [0, 0.05) is 6.42 Å². The van der Waals surface area contributed by atoms with E-state index in [4.69, 9.17) is 4.74 Å². The zero-order valence-corrected chi connectivity index (χ0v) is 44.6. The monoisotopic (exact) mass is 1010 g/mol. The fraction of sp³-hybridized carbons (Fsp3) is 0.804. The number of carboxylic acids is 2. The Morgan fingerprint density at radius 2 is 0.944 bits per heavy atom. The summed E-state index contributed by atoms with van der Waals surface area (Å²) in [6.07, 6.45) is 2.89. The Balaban J connectivity index is 4.01. The van der Waals surface area contributed by atoms with E-state index in [0.717, 1.165) is 32.1 Å². The van der Waals surface area contributed by atoms with E-state index in [9.17, 15) is 58.2 Å². The molecule has 0 aliphatic carbocycles. The van der Waals surface area contributed by atoms with Crippen molar-refractivity contribution in [2.24, 2.45) is 35.5 Å². The number of hydrogen-bond acceptors (Lipinski definition) is 11. The van der Waals surface area contributed by atoms with Gasteiger partial charge in [0.15, 0.2) is 0 Å². The van der Waals surface area contributed by atoms with Gasteiger partial charge in [-0.3, -0.25) is 43.2 Å². The lowest BCUT2D eigenvalue weighted by Gasteiger charge is -2.30. The Labute approximate surface area is 421 Å². The molecule has 20 nitrogen and oxygen atoms in total. The molecule has 1 heterocycles. The highest BCUT2D eigenvalue weighted by Gasteiger charge is 2.38. The smallest absolute Gasteiger partial charge is 0.329 e. The summed E-state index contributed by atoms with van der Waals surface area (Å²) in [5.74, 6) is -10.6. The number of hydrogen-bond donors (Lipinski definition) is 9. The molecule has 0 aromatic carbocycles. The van der Waals surface area contributed by atoms with Crippen LogP contribution in [0.5, 0.6) is 0 Å². The summed E-state index contributed by atoms with van der Waals surface area (Å²) in [5.41, 5.74) is 0. The Morgan fingerprint density at radius 3 is 1.39 bits per heavy atom. The van der Waals surface area contributed by atoms with Crippen molar-refractivity contribution in [1.82, 2.24) is 37.2 Å². The molecule has 20 heteroatoms. The van der Waals surface area contributed by atoms with Crippen molar-refractivity contribution in [3.05, 3.63) is 0 Å². The molecule has 0 spiro atoms. The average Bonchev–Trinajstić information content (AvgIpc) is 3.25. The fourth-order valence-corrected chi connectivity index (χ4v) is 8.17. The third-order valence-corrected chi connectivity index (χ3v) is 12.3. The number of carbonyl (C=O) groups excluding carboxylic acids is 8. The minimum Gasteiger partial charge on any atom is -0.481 e. The molecular formula is C51H89N7O13. The van der Waals surface area contributed by atoms with E-state index in [2.05, 4.69) is 51.1 Å². The van der Waals surface area contributed by atoms with Gasteiger partial charge in [0.2, 0.25) is 41.4 Å². The molecule has 1 rings (SSSR count). The minimum atomic E-state index is -1.72. The lowest BCUT2D eigenvalue weighted by molar-refractivity contribution is -0.156. The summed E-state index contributed by atoms with van der Waals surface area (Å²) in [5, 5.41) is 37.8. The first-order valence-electron chi connectivity index (χ1n) is 25.9. The second-order valence-electron chi connectivity index (χ2n) is 21.4. The van der Waals surface area contributed by atoms with E-state index in [0.29, 0.717) is 18.8 Å². The molecule has 0 bridgehead atoms. The van der Waals surface area contributed by atoms with Gasteiger partial charge in [-0.15, -0.1) is 0 Å². The molecule has 1 aliphatic heterocycles. The molecule has 1 fully saturated rings. The standard InChI is InChI=1S/C51H89N7O13/c1-13-33(12)44-51(70)71-34(20-18-16-14-15-17-19-28(2)3)26-40(59)52-35(21-22-41(60)61)45(64)53-36(23-29(4)5)46(65)54-37(24-30(6)7)48(67)57-43(32(10)11)50(69)56-39(27-42(62)63)47(66)55-38(25-31(8)9)49(68)58-44/h28-39,43-44H,13-27H2,1-12H3,(H,52,59)(H,53,64)(H,54,65)(H,55,66)(H,56,69)(H,57,67)(H,58,68)(H,60,61)(H,62,63)/t33-,34?,35?,36-,37?,38?,39-,43?,44-/m0/s1. The maximum atomic E-state index is 14.2. The summed E-state index contributed by atoms with van der Waals surface area (Å²) in [7, 11) is 0. The zero-order valence-electron chi connectivity index (χ0n) is 44.6. The molecule has 1 aliphatic rings. The van der Waals surface area contributed by atoms with Gasteiger partial charge in [0.25, 0.3) is 0 Å². The molecular weight excluding hydrogens is 919 g/mol. The highest BCUT2D eigenvalue weighted by atomic mass is 16.5. The normalized spacial score (nSPS) is 24.7. The highest BCUT2D eigenvalue weighted by Crippen LogP contribution is 2.19. The molecule has 0 saturated carbocycles. The van der Waals surface area contributed by atoms with Crippen molar-refractivity contribution in [2.45, 2.75) is 228 Å². The molecule has 0 radical (unpaired) electrons. The predicted octanol–water partition coefficient (Wildman–Crippen LogP) is 4.26. The minimum absolute atomic E-state index is 0.0375. The van der Waals surface area contributed by atoms with Crippen LogP contribution in [0.4, 0.5) is 0 Å². The van der Waals surface area contributed by atoms with Crippen LogP contribution < -0.4 is 37.2 Å². The number of esters is 1. The Hall–Kier alpha value is -5.30. The fourth-order valence-electron chi connectivity index (χ4n) is 8.17. The molecule has 1 saturated heterocycles.